The van der Waals surface area contributed by atoms with E-state index in [4.69, 9.17) is 0 Å². The summed E-state index contributed by atoms with van der Waals surface area (Å²) in [4.78, 5) is 38.7. The van der Waals surface area contributed by atoms with E-state index in [1.54, 1.807) is 36.4 Å². The molecule has 1 heterocycles. The van der Waals surface area contributed by atoms with E-state index in [1.165, 1.54) is 0 Å². The van der Waals surface area contributed by atoms with E-state index in [0.29, 0.717) is 33.1 Å². The number of nitrogens with zero attached hydrogens (tertiary/aromatic N) is 1. The van der Waals surface area contributed by atoms with E-state index < -0.39 is 5.54 Å². The minimum atomic E-state index is -0.401. The second kappa shape index (κ2) is 8.30. The van der Waals surface area contributed by atoms with Crippen LogP contribution in [-0.4, -0.2) is 21.9 Å². The van der Waals surface area contributed by atoms with E-state index in [2.05, 4.69) is 10.6 Å². The quantitative estimate of drug-likeness (QED) is 0.476. The van der Waals surface area contributed by atoms with Crippen LogP contribution in [0.5, 0.6) is 0 Å². The number of hydrogen-bond donors (Lipinski definition) is 2. The van der Waals surface area contributed by atoms with Gasteiger partial charge in [0, 0.05) is 16.3 Å². The molecule has 1 aromatic heterocycles. The van der Waals surface area contributed by atoms with E-state index in [-0.39, 0.29) is 23.8 Å². The van der Waals surface area contributed by atoms with Gasteiger partial charge in [-0.1, -0.05) is 36.4 Å². The topological polar surface area (TPSA) is 80.2 Å². The molecular weight excluding hydrogens is 402 g/mol. The van der Waals surface area contributed by atoms with Gasteiger partial charge in [-0.25, -0.2) is 0 Å². The molecule has 0 unspecified atom stereocenters. The largest absolute Gasteiger partial charge is 0.347 e. The van der Waals surface area contributed by atoms with Gasteiger partial charge >= 0.3 is 0 Å². The number of amides is 2. The fourth-order valence-corrected chi connectivity index (χ4v) is 3.78. The average Bonchev–Trinajstić information content (AvgIpc) is 2.76. The molecule has 0 radical (unpaired) electrons. The monoisotopic (exact) mass is 427 g/mol. The molecule has 4 rings (SSSR count). The molecular formula is C26H25N3O3. The van der Waals surface area contributed by atoms with Gasteiger partial charge in [-0.3, -0.25) is 14.4 Å². The fraction of sp³-hybridized carbons (Fsp3) is 0.192. The highest BCUT2D eigenvalue weighted by Crippen LogP contribution is 2.20. The highest BCUT2D eigenvalue weighted by Gasteiger charge is 2.19. The number of benzene rings is 3. The Labute approximate surface area is 185 Å². The van der Waals surface area contributed by atoms with Crippen molar-refractivity contribution in [2.24, 2.45) is 0 Å². The maximum absolute atomic E-state index is 13.1. The third-order valence-corrected chi connectivity index (χ3v) is 5.11. The standard InChI is InChI=1S/C26H25N3O3/c1-26(2,3)28-25(32)17-10-4-7-13-20(17)27-23(30)16-29-21-14-8-5-11-18(21)24(31)19-12-6-9-15-22(19)29/h4-15H,16H2,1-3H3,(H,27,30)(H,28,32). The van der Waals surface area contributed by atoms with Crippen LogP contribution in [0.15, 0.2) is 77.6 Å². The number of carbonyl (C=O) groups is 2. The van der Waals surface area contributed by atoms with Gasteiger partial charge < -0.3 is 15.2 Å². The van der Waals surface area contributed by atoms with Crippen molar-refractivity contribution in [3.8, 4) is 0 Å². The number of nitrogens with one attached hydrogen (secondary N) is 2. The van der Waals surface area contributed by atoms with Gasteiger partial charge in [-0.15, -0.1) is 0 Å². The van der Waals surface area contributed by atoms with Gasteiger partial charge in [-0.2, -0.15) is 0 Å². The van der Waals surface area contributed by atoms with Crippen molar-refractivity contribution in [3.63, 3.8) is 0 Å². The van der Waals surface area contributed by atoms with Crippen molar-refractivity contribution < 1.29 is 9.59 Å². The first-order valence-electron chi connectivity index (χ1n) is 10.5. The molecule has 0 spiro atoms. The Morgan fingerprint density at radius 1 is 0.812 bits per heavy atom. The number of fused-ring (bicyclic) bond motifs is 2. The Balaban J connectivity index is 1.70. The SMILES string of the molecule is CC(C)(C)NC(=O)c1ccccc1NC(=O)Cn1c2ccccc2c(=O)c2ccccc21. The maximum Gasteiger partial charge on any atom is 0.253 e. The van der Waals surface area contributed by atoms with Crippen LogP contribution in [0.1, 0.15) is 31.1 Å². The van der Waals surface area contributed by atoms with Crippen LogP contribution in [0.3, 0.4) is 0 Å². The van der Waals surface area contributed by atoms with E-state index in [1.807, 2.05) is 61.7 Å². The number of rotatable bonds is 4. The van der Waals surface area contributed by atoms with E-state index >= 15 is 0 Å². The molecule has 2 amide bonds. The second-order valence-electron chi connectivity index (χ2n) is 8.75. The molecule has 0 aliphatic carbocycles. The molecule has 2 N–H and O–H groups in total. The van der Waals surface area contributed by atoms with Gasteiger partial charge in [0.1, 0.15) is 6.54 Å². The molecule has 0 saturated carbocycles. The lowest BCUT2D eigenvalue weighted by atomic mass is 10.1. The lowest BCUT2D eigenvalue weighted by molar-refractivity contribution is -0.116. The number of carbonyl (C=O) groups excluding carboxylic acids is 2. The Hall–Kier alpha value is -3.93. The number of aromatic nitrogens is 1. The van der Waals surface area contributed by atoms with Gasteiger partial charge in [0.2, 0.25) is 5.91 Å². The lowest BCUT2D eigenvalue weighted by Crippen LogP contribution is -2.41. The smallest absolute Gasteiger partial charge is 0.253 e. The van der Waals surface area contributed by atoms with E-state index in [9.17, 15) is 14.4 Å². The molecule has 6 heteroatoms. The molecule has 6 nitrogen and oxygen atoms in total. The van der Waals surface area contributed by atoms with Crippen LogP contribution >= 0.6 is 0 Å². The normalized spacial score (nSPS) is 11.5. The summed E-state index contributed by atoms with van der Waals surface area (Å²) in [6.07, 6.45) is 0. The average molecular weight is 428 g/mol. The fourth-order valence-electron chi connectivity index (χ4n) is 3.78. The zero-order valence-electron chi connectivity index (χ0n) is 18.3. The minimum absolute atomic E-state index is 0.00344. The summed E-state index contributed by atoms with van der Waals surface area (Å²) in [5, 5.41) is 6.91. The molecule has 0 aliphatic heterocycles. The van der Waals surface area contributed by atoms with E-state index in [0.717, 1.165) is 0 Å². The van der Waals surface area contributed by atoms with Crippen molar-refractivity contribution in [3.05, 3.63) is 88.6 Å². The van der Waals surface area contributed by atoms with Crippen molar-refractivity contribution in [1.29, 1.82) is 0 Å². The first kappa shape index (κ1) is 21.3. The highest BCUT2D eigenvalue weighted by atomic mass is 16.2. The summed E-state index contributed by atoms with van der Waals surface area (Å²) < 4.78 is 1.83. The van der Waals surface area contributed by atoms with Crippen LogP contribution in [0, 0.1) is 0 Å². The zero-order valence-corrected chi connectivity index (χ0v) is 18.3. The predicted molar refractivity (Wildman–Crippen MR) is 128 cm³/mol. The van der Waals surface area contributed by atoms with Crippen molar-refractivity contribution in [1.82, 2.24) is 9.88 Å². The summed E-state index contributed by atoms with van der Waals surface area (Å²) in [5.41, 5.74) is 1.74. The third-order valence-electron chi connectivity index (χ3n) is 5.11. The Kier molecular flexibility index (Phi) is 5.53. The van der Waals surface area contributed by atoms with Crippen LogP contribution in [-0.2, 0) is 11.3 Å². The van der Waals surface area contributed by atoms with Gasteiger partial charge in [-0.05, 0) is 57.2 Å². The number of hydrogen-bond acceptors (Lipinski definition) is 3. The molecule has 162 valence electrons. The number of pyridine rings is 1. The van der Waals surface area contributed by atoms with Crippen molar-refractivity contribution in [2.75, 3.05) is 5.32 Å². The summed E-state index contributed by atoms with van der Waals surface area (Å²) in [5.74, 6) is -0.548. The second-order valence-corrected chi connectivity index (χ2v) is 8.75. The van der Waals surface area contributed by atoms with Crippen molar-refractivity contribution in [2.45, 2.75) is 32.9 Å². The minimum Gasteiger partial charge on any atom is -0.347 e. The Bertz CT molecular complexity index is 1340. The predicted octanol–water partition coefficient (Wildman–Crippen LogP) is 4.32. The van der Waals surface area contributed by atoms with Gasteiger partial charge in [0.05, 0.1) is 22.3 Å². The summed E-state index contributed by atoms with van der Waals surface area (Å²) in [7, 11) is 0. The molecule has 0 aliphatic rings. The Morgan fingerprint density at radius 3 is 1.94 bits per heavy atom. The first-order chi connectivity index (χ1) is 15.2. The maximum atomic E-state index is 13.1. The van der Waals surface area contributed by atoms with Crippen LogP contribution < -0.4 is 16.1 Å². The van der Waals surface area contributed by atoms with Crippen LogP contribution in [0.2, 0.25) is 0 Å². The number of anilines is 1. The molecule has 32 heavy (non-hydrogen) atoms. The summed E-state index contributed by atoms with van der Waals surface area (Å²) >= 11 is 0. The summed E-state index contributed by atoms with van der Waals surface area (Å²) in [6.45, 7) is 5.70. The van der Waals surface area contributed by atoms with Crippen LogP contribution in [0.25, 0.3) is 21.8 Å². The molecule has 0 bridgehead atoms. The lowest BCUT2D eigenvalue weighted by Gasteiger charge is -2.21. The highest BCUT2D eigenvalue weighted by molar-refractivity contribution is 6.04. The zero-order chi connectivity index (χ0) is 22.9. The molecule has 3 aromatic carbocycles. The van der Waals surface area contributed by atoms with Gasteiger partial charge in [0.25, 0.3) is 5.91 Å². The molecule has 0 fully saturated rings. The first-order valence-corrected chi connectivity index (χ1v) is 10.5. The third kappa shape index (κ3) is 4.25. The van der Waals surface area contributed by atoms with Crippen molar-refractivity contribution >= 4 is 39.3 Å². The Morgan fingerprint density at radius 2 is 1.34 bits per heavy atom. The van der Waals surface area contributed by atoms with Crippen LogP contribution in [0.4, 0.5) is 5.69 Å². The van der Waals surface area contributed by atoms with Gasteiger partial charge in [0.15, 0.2) is 5.43 Å². The molecule has 4 aromatic rings. The summed E-state index contributed by atoms with van der Waals surface area (Å²) in [6, 6.07) is 21.4. The molecule has 0 atom stereocenters. The molecule has 0 saturated heterocycles. The number of para-hydroxylation sites is 3.